The minimum absolute atomic E-state index is 0.143. The van der Waals surface area contributed by atoms with Crippen molar-refractivity contribution in [3.63, 3.8) is 0 Å². The average molecular weight is 376 g/mol. The Bertz CT molecular complexity index is 871. The van der Waals surface area contributed by atoms with Gasteiger partial charge in [0.15, 0.2) is 5.78 Å². The molecular weight excluding hydrogens is 354 g/mol. The van der Waals surface area contributed by atoms with Crippen LogP contribution in [0.5, 0.6) is 0 Å². The highest BCUT2D eigenvalue weighted by Crippen LogP contribution is 2.68. The van der Waals surface area contributed by atoms with Crippen LogP contribution in [0.2, 0.25) is 0 Å². The lowest BCUT2D eigenvalue weighted by atomic mass is 9.66. The molecule has 0 amide bonds. The van der Waals surface area contributed by atoms with E-state index in [2.05, 4.69) is 5.10 Å². The monoisotopic (exact) mass is 376 g/mol. The Kier molecular flexibility index (Phi) is 4.44. The molecule has 0 aromatic heterocycles. The highest BCUT2D eigenvalue weighted by molar-refractivity contribution is 6.16. The van der Waals surface area contributed by atoms with E-state index in [1.165, 1.54) is 19.3 Å². The third kappa shape index (κ3) is 2.44. The topological polar surface area (TPSA) is 81.8 Å². The van der Waals surface area contributed by atoms with Crippen LogP contribution in [-0.4, -0.2) is 24.6 Å². The van der Waals surface area contributed by atoms with Crippen molar-refractivity contribution in [1.29, 1.82) is 0 Å². The first-order valence-electron chi connectivity index (χ1n) is 8.67. The van der Waals surface area contributed by atoms with Gasteiger partial charge in [0, 0.05) is 11.0 Å². The summed E-state index contributed by atoms with van der Waals surface area (Å²) in [6.45, 7) is 5.59. The Balaban J connectivity index is 2.10. The lowest BCUT2D eigenvalue weighted by molar-refractivity contribution is -0.154. The quantitative estimate of drug-likeness (QED) is 0.289. The summed E-state index contributed by atoms with van der Waals surface area (Å²) in [7, 11) is 1.30. The molecule has 2 saturated carbocycles. The SMILES string of the molecule is COC(=O)[C@@H]1C[C@@H]2/C(=C/C(=N/N)c3c(F)cccc3F)C(=O)[C@@]1(C)C2(C)C. The summed E-state index contributed by atoms with van der Waals surface area (Å²) in [4.78, 5) is 25.4. The minimum atomic E-state index is -0.968. The summed E-state index contributed by atoms with van der Waals surface area (Å²) in [6, 6.07) is 3.44. The molecule has 2 aliphatic rings. The highest BCUT2D eigenvalue weighted by atomic mass is 19.1. The highest BCUT2D eigenvalue weighted by Gasteiger charge is 2.70. The van der Waals surface area contributed by atoms with E-state index in [-0.39, 0.29) is 23.0 Å². The molecule has 0 saturated heterocycles. The Morgan fingerprint density at radius 2 is 1.89 bits per heavy atom. The van der Waals surface area contributed by atoms with Crippen molar-refractivity contribution in [2.45, 2.75) is 27.2 Å². The van der Waals surface area contributed by atoms with Crippen molar-refractivity contribution in [3.05, 3.63) is 47.0 Å². The number of hydrogen-bond donors (Lipinski definition) is 1. The van der Waals surface area contributed by atoms with Crippen LogP contribution in [0, 0.1) is 34.3 Å². The number of ketones is 1. The molecule has 7 heteroatoms. The summed E-state index contributed by atoms with van der Waals surface area (Å²) >= 11 is 0. The number of hydrazone groups is 1. The maximum atomic E-state index is 14.1. The van der Waals surface area contributed by atoms with Crippen molar-refractivity contribution < 1.29 is 23.1 Å². The molecule has 5 nitrogen and oxygen atoms in total. The second-order valence-corrected chi connectivity index (χ2v) is 7.83. The van der Waals surface area contributed by atoms with Gasteiger partial charge in [-0.1, -0.05) is 26.8 Å². The number of fused-ring (bicyclic) bond motifs is 2. The Morgan fingerprint density at radius 3 is 2.37 bits per heavy atom. The molecule has 27 heavy (non-hydrogen) atoms. The number of methoxy groups -OCH3 is 1. The number of halogens is 2. The van der Waals surface area contributed by atoms with Crippen LogP contribution in [0.3, 0.4) is 0 Å². The first-order valence-corrected chi connectivity index (χ1v) is 8.67. The average Bonchev–Trinajstić information content (AvgIpc) is 2.91. The molecule has 0 radical (unpaired) electrons. The van der Waals surface area contributed by atoms with Crippen LogP contribution >= 0.6 is 0 Å². The molecule has 1 aromatic rings. The smallest absolute Gasteiger partial charge is 0.309 e. The van der Waals surface area contributed by atoms with E-state index in [1.807, 2.05) is 13.8 Å². The van der Waals surface area contributed by atoms with Gasteiger partial charge < -0.3 is 10.6 Å². The summed E-state index contributed by atoms with van der Waals surface area (Å²) in [5.41, 5.74) is -1.63. The second-order valence-electron chi connectivity index (χ2n) is 7.83. The number of ether oxygens (including phenoxy) is 1. The number of hydrogen-bond acceptors (Lipinski definition) is 5. The molecule has 2 N–H and O–H groups in total. The van der Waals surface area contributed by atoms with Gasteiger partial charge in [-0.2, -0.15) is 5.10 Å². The van der Waals surface area contributed by atoms with Gasteiger partial charge in [-0.15, -0.1) is 0 Å². The van der Waals surface area contributed by atoms with Gasteiger partial charge in [-0.25, -0.2) is 8.78 Å². The molecule has 2 bridgehead atoms. The zero-order chi connectivity index (χ0) is 20.1. The molecule has 144 valence electrons. The standard InChI is InChI=1S/C20H22F2N2O3/c1-19(2)11-9-12(18(26)27-4)20(19,3)17(25)10(11)8-15(24-23)16-13(21)6-5-7-14(16)22/h5-8,11-12H,9,23H2,1-4H3/b10-8-,24-15-/t11-,12+,20+/m1/s1. The van der Waals surface area contributed by atoms with Crippen LogP contribution in [0.15, 0.2) is 34.9 Å². The molecule has 2 aliphatic carbocycles. The van der Waals surface area contributed by atoms with Gasteiger partial charge >= 0.3 is 5.97 Å². The van der Waals surface area contributed by atoms with Gasteiger partial charge in [0.1, 0.15) is 11.6 Å². The van der Waals surface area contributed by atoms with Gasteiger partial charge in [0.05, 0.1) is 24.3 Å². The van der Waals surface area contributed by atoms with Crippen molar-refractivity contribution in [2.75, 3.05) is 7.11 Å². The maximum Gasteiger partial charge on any atom is 0.309 e. The fourth-order valence-corrected chi connectivity index (χ4v) is 4.71. The van der Waals surface area contributed by atoms with Gasteiger partial charge in [-0.3, -0.25) is 9.59 Å². The van der Waals surface area contributed by atoms with E-state index in [9.17, 15) is 18.4 Å². The van der Waals surface area contributed by atoms with Gasteiger partial charge in [0.25, 0.3) is 0 Å². The van der Waals surface area contributed by atoms with Crippen LogP contribution in [-0.2, 0) is 14.3 Å². The normalized spacial score (nSPS) is 30.8. The lowest BCUT2D eigenvalue weighted by Crippen LogP contribution is -2.42. The number of nitrogens with two attached hydrogens (primary N) is 1. The predicted molar refractivity (Wildman–Crippen MR) is 95.7 cm³/mol. The van der Waals surface area contributed by atoms with E-state index < -0.39 is 34.4 Å². The first-order chi connectivity index (χ1) is 12.6. The molecule has 2 fully saturated rings. The molecule has 0 heterocycles. The minimum Gasteiger partial charge on any atom is -0.469 e. The molecular formula is C20H22F2N2O3. The fourth-order valence-electron chi connectivity index (χ4n) is 4.71. The van der Waals surface area contributed by atoms with Crippen molar-refractivity contribution in [3.8, 4) is 0 Å². The van der Waals surface area contributed by atoms with Crippen LogP contribution in [0.25, 0.3) is 0 Å². The predicted octanol–water partition coefficient (Wildman–Crippen LogP) is 2.98. The van der Waals surface area contributed by atoms with Crippen LogP contribution in [0.4, 0.5) is 8.78 Å². The largest absolute Gasteiger partial charge is 0.469 e. The van der Waals surface area contributed by atoms with Gasteiger partial charge in [-0.05, 0) is 36.0 Å². The van der Waals surface area contributed by atoms with E-state index in [0.29, 0.717) is 12.0 Å². The van der Waals surface area contributed by atoms with Crippen molar-refractivity contribution >= 4 is 17.5 Å². The summed E-state index contributed by atoms with van der Waals surface area (Å²) in [5, 5.41) is 3.52. The van der Waals surface area contributed by atoms with Crippen LogP contribution < -0.4 is 5.84 Å². The van der Waals surface area contributed by atoms with Gasteiger partial charge in [0.2, 0.25) is 0 Å². The van der Waals surface area contributed by atoms with E-state index in [4.69, 9.17) is 10.6 Å². The summed E-state index contributed by atoms with van der Waals surface area (Å²) in [6.07, 6.45) is 1.78. The molecule has 0 aliphatic heterocycles. The number of nitrogens with zero attached hydrogens (tertiary/aromatic N) is 1. The molecule has 0 unspecified atom stereocenters. The number of Topliss-reactive ketones (excluding diaryl/α,β-unsaturated/α-hetero) is 1. The van der Waals surface area contributed by atoms with E-state index >= 15 is 0 Å². The summed E-state index contributed by atoms with van der Waals surface area (Å²) in [5.74, 6) is 2.26. The second kappa shape index (κ2) is 6.25. The third-order valence-corrected chi connectivity index (χ3v) is 6.62. The number of benzene rings is 1. The zero-order valence-electron chi connectivity index (χ0n) is 15.7. The number of carbonyl (C=O) groups is 2. The lowest BCUT2D eigenvalue weighted by Gasteiger charge is -2.35. The number of allylic oxidation sites excluding steroid dienone is 2. The molecule has 3 rings (SSSR count). The number of esters is 1. The van der Waals surface area contributed by atoms with Crippen LogP contribution in [0.1, 0.15) is 32.8 Å². The van der Waals surface area contributed by atoms with Crippen molar-refractivity contribution in [1.82, 2.24) is 0 Å². The first kappa shape index (κ1) is 19.2. The number of rotatable bonds is 3. The Labute approximate surface area is 156 Å². The Hall–Kier alpha value is -2.57. The van der Waals surface area contributed by atoms with E-state index in [1.54, 1.807) is 6.92 Å². The molecule has 0 spiro atoms. The molecule has 1 aromatic carbocycles. The van der Waals surface area contributed by atoms with E-state index in [0.717, 1.165) is 12.1 Å². The molecule has 3 atom stereocenters. The zero-order valence-corrected chi connectivity index (χ0v) is 15.7. The third-order valence-electron chi connectivity index (χ3n) is 6.62. The fraction of sp³-hybridized carbons (Fsp3) is 0.450. The number of carbonyl (C=O) groups excluding carboxylic acids is 2. The maximum absolute atomic E-state index is 14.1. The van der Waals surface area contributed by atoms with Crippen molar-refractivity contribution in [2.24, 2.45) is 33.6 Å². The Morgan fingerprint density at radius 1 is 1.30 bits per heavy atom. The summed E-state index contributed by atoms with van der Waals surface area (Å²) < 4.78 is 33.2.